The fourth-order valence-corrected chi connectivity index (χ4v) is 3.56. The molecule has 158 valence electrons. The van der Waals surface area contributed by atoms with Gasteiger partial charge >= 0.3 is 0 Å². The van der Waals surface area contributed by atoms with Crippen LogP contribution in [-0.2, 0) is 0 Å². The van der Waals surface area contributed by atoms with Crippen LogP contribution in [0.2, 0.25) is 0 Å². The van der Waals surface area contributed by atoms with Crippen LogP contribution in [0.15, 0.2) is 120 Å². The number of para-hydroxylation sites is 3. The van der Waals surface area contributed by atoms with Crippen molar-refractivity contribution in [2.45, 2.75) is 0 Å². The first-order valence-corrected chi connectivity index (χ1v) is 11.1. The van der Waals surface area contributed by atoms with Crippen molar-refractivity contribution in [3.63, 3.8) is 0 Å². The summed E-state index contributed by atoms with van der Waals surface area (Å²) in [6.07, 6.45) is 0. The molecule has 2 N–H and O–H groups in total. The lowest BCUT2D eigenvalue weighted by atomic mass is 10.1. The van der Waals surface area contributed by atoms with Gasteiger partial charge in [0, 0.05) is 15.7 Å². The third-order valence-electron chi connectivity index (χ3n) is 4.86. The number of anilines is 2. The van der Waals surface area contributed by atoms with Crippen molar-refractivity contribution in [1.82, 2.24) is 0 Å². The molecule has 4 aromatic rings. The van der Waals surface area contributed by atoms with E-state index in [0.29, 0.717) is 12.1 Å². The Kier molecular flexibility index (Phi) is 7.10. The van der Waals surface area contributed by atoms with Gasteiger partial charge in [-0.2, -0.15) is 0 Å². The lowest BCUT2D eigenvalue weighted by Crippen LogP contribution is -2.71. The fraction of sp³-hybridized carbons (Fsp3) is 0.0370. The summed E-state index contributed by atoms with van der Waals surface area (Å²) in [6.45, 7) is 0.336. The Morgan fingerprint density at radius 2 is 1.31 bits per heavy atom. The number of carbonyl (C=O) groups excluding carboxylic acids is 1. The van der Waals surface area contributed by atoms with Gasteiger partial charge in [-0.1, -0.05) is 70.5 Å². The van der Waals surface area contributed by atoms with Crippen LogP contribution in [0, 0.1) is 0 Å². The molecule has 0 atom stereocenters. The highest BCUT2D eigenvalue weighted by Crippen LogP contribution is 2.19. The topological polar surface area (TPSA) is 46.3 Å². The number of benzene rings is 4. The lowest BCUT2D eigenvalue weighted by Gasteiger charge is -2.22. The Bertz CT molecular complexity index is 1180. The average Bonchev–Trinajstić information content (AvgIpc) is 2.84. The molecule has 0 aromatic heterocycles. The van der Waals surface area contributed by atoms with Crippen molar-refractivity contribution < 1.29 is 9.79 Å². The molecule has 4 nitrogen and oxygen atoms in total. The molecular weight excluding hydrogens is 462 g/mol. The summed E-state index contributed by atoms with van der Waals surface area (Å²) in [5, 5.41) is 3.45. The van der Waals surface area contributed by atoms with Crippen molar-refractivity contribution in [2.75, 3.05) is 16.8 Å². The summed E-state index contributed by atoms with van der Waals surface area (Å²) in [5.41, 5.74) is 3.32. The molecule has 0 unspecified atom stereocenters. The number of nitrogens with one attached hydrogen (secondary N) is 2. The highest BCUT2D eigenvalue weighted by Gasteiger charge is 2.23. The monoisotopic (exact) mass is 484 g/mol. The van der Waals surface area contributed by atoms with Crippen LogP contribution in [-0.4, -0.2) is 18.3 Å². The van der Waals surface area contributed by atoms with Gasteiger partial charge in [-0.25, -0.2) is 10.3 Å². The first-order chi connectivity index (χ1) is 15.7. The maximum absolute atomic E-state index is 13.5. The lowest BCUT2D eigenvalue weighted by molar-refractivity contribution is -0.354. The van der Waals surface area contributed by atoms with Crippen LogP contribution in [0.4, 0.5) is 17.1 Å². The summed E-state index contributed by atoms with van der Waals surface area (Å²) in [7, 11) is 0. The van der Waals surface area contributed by atoms with E-state index in [1.165, 1.54) is 0 Å². The Hall–Kier alpha value is -3.70. The predicted octanol–water partition coefficient (Wildman–Crippen LogP) is 5.02. The van der Waals surface area contributed by atoms with Crippen molar-refractivity contribution in [2.24, 2.45) is 0 Å². The Labute approximate surface area is 196 Å². The first kappa shape index (κ1) is 21.5. The Morgan fingerprint density at radius 3 is 1.94 bits per heavy atom. The number of amidine groups is 1. The van der Waals surface area contributed by atoms with E-state index < -0.39 is 0 Å². The molecule has 0 bridgehead atoms. The van der Waals surface area contributed by atoms with Gasteiger partial charge in [-0.05, 0) is 60.7 Å². The Balaban J connectivity index is 1.71. The minimum atomic E-state index is -0.0778. The number of carbonyl (C=O) groups is 1. The molecule has 0 fully saturated rings. The highest BCUT2D eigenvalue weighted by atomic mass is 79.9. The van der Waals surface area contributed by atoms with E-state index in [1.54, 1.807) is 4.90 Å². The van der Waals surface area contributed by atoms with Gasteiger partial charge in [0.15, 0.2) is 0 Å². The van der Waals surface area contributed by atoms with Gasteiger partial charge in [0.05, 0.1) is 0 Å². The summed E-state index contributed by atoms with van der Waals surface area (Å²) in [6, 6.07) is 37.0. The van der Waals surface area contributed by atoms with Gasteiger partial charge in [0.25, 0.3) is 11.7 Å². The molecule has 5 heteroatoms. The van der Waals surface area contributed by atoms with Gasteiger partial charge in [0.1, 0.15) is 17.9 Å². The van der Waals surface area contributed by atoms with E-state index in [9.17, 15) is 4.79 Å². The number of rotatable bonds is 6. The minimum Gasteiger partial charge on any atom is -0.296 e. The molecular formula is C27H23BrN3O+. The predicted molar refractivity (Wildman–Crippen MR) is 134 cm³/mol. The molecule has 0 aliphatic rings. The van der Waals surface area contributed by atoms with Gasteiger partial charge in [-0.15, -0.1) is 0 Å². The maximum Gasteiger partial charge on any atom is 0.273 e. The molecule has 4 rings (SSSR count). The SMILES string of the molecule is O=C(c1ccc(Br)cc1)N(CC(Nc1ccccc1)=[NH+]c1ccccc1)c1ccccc1. The molecule has 0 saturated carbocycles. The van der Waals surface area contributed by atoms with Crippen LogP contribution in [0.1, 0.15) is 10.4 Å². The standard InChI is InChI=1S/C27H22BrN3O/c28-22-18-16-21(17-19-22)27(32)31(25-14-8-3-9-15-25)20-26(29-23-10-4-1-5-11-23)30-24-12-6-2-7-13-24/h1-19H,20H2,(H,29,30)/p+1. The van der Waals surface area contributed by atoms with Crippen LogP contribution >= 0.6 is 15.9 Å². The number of nitrogens with zero attached hydrogens (tertiary/aromatic N) is 1. The summed E-state index contributed by atoms with van der Waals surface area (Å²) in [5.74, 6) is 0.711. The van der Waals surface area contributed by atoms with Crippen molar-refractivity contribution in [3.8, 4) is 0 Å². The van der Waals surface area contributed by atoms with E-state index in [-0.39, 0.29) is 5.91 Å². The van der Waals surface area contributed by atoms with Crippen LogP contribution in [0.3, 0.4) is 0 Å². The van der Waals surface area contributed by atoms with Gasteiger partial charge in [-0.3, -0.25) is 9.69 Å². The molecule has 0 aliphatic carbocycles. The van der Waals surface area contributed by atoms with Crippen LogP contribution in [0.25, 0.3) is 0 Å². The molecule has 0 aliphatic heterocycles. The maximum atomic E-state index is 13.5. The molecule has 1 amide bonds. The van der Waals surface area contributed by atoms with Crippen molar-refractivity contribution in [1.29, 1.82) is 0 Å². The molecule has 0 saturated heterocycles. The number of halogens is 1. The highest BCUT2D eigenvalue weighted by molar-refractivity contribution is 9.10. The smallest absolute Gasteiger partial charge is 0.273 e. The number of hydrogen-bond acceptors (Lipinski definition) is 1. The van der Waals surface area contributed by atoms with E-state index in [0.717, 1.165) is 27.4 Å². The molecule has 0 heterocycles. The van der Waals surface area contributed by atoms with Crippen molar-refractivity contribution >= 4 is 44.7 Å². The van der Waals surface area contributed by atoms with E-state index in [4.69, 9.17) is 0 Å². The number of hydrogen-bond donors (Lipinski definition) is 2. The molecule has 32 heavy (non-hydrogen) atoms. The fourth-order valence-electron chi connectivity index (χ4n) is 3.30. The van der Waals surface area contributed by atoms with E-state index >= 15 is 0 Å². The molecule has 0 radical (unpaired) electrons. The second-order valence-electron chi connectivity index (χ2n) is 7.19. The van der Waals surface area contributed by atoms with Gasteiger partial charge < -0.3 is 0 Å². The van der Waals surface area contributed by atoms with Crippen LogP contribution < -0.4 is 15.2 Å². The normalized spacial score (nSPS) is 11.1. The van der Waals surface area contributed by atoms with Crippen LogP contribution in [0.5, 0.6) is 0 Å². The van der Waals surface area contributed by atoms with Gasteiger partial charge in [0.2, 0.25) is 0 Å². The van der Waals surface area contributed by atoms with E-state index in [1.807, 2.05) is 115 Å². The second-order valence-corrected chi connectivity index (χ2v) is 8.11. The summed E-state index contributed by atoms with van der Waals surface area (Å²) < 4.78 is 0.934. The van der Waals surface area contributed by atoms with Crippen molar-refractivity contribution in [3.05, 3.63) is 125 Å². The second kappa shape index (κ2) is 10.6. The minimum absolute atomic E-state index is 0.0778. The zero-order valence-electron chi connectivity index (χ0n) is 17.4. The average molecular weight is 485 g/mol. The zero-order chi connectivity index (χ0) is 22.2. The third-order valence-corrected chi connectivity index (χ3v) is 5.39. The molecule has 4 aromatic carbocycles. The summed E-state index contributed by atoms with van der Waals surface area (Å²) in [4.78, 5) is 18.8. The molecule has 0 spiro atoms. The largest absolute Gasteiger partial charge is 0.296 e. The summed E-state index contributed by atoms with van der Waals surface area (Å²) >= 11 is 3.44. The quantitative estimate of drug-likeness (QED) is 0.298. The number of amides is 1. The Morgan fingerprint density at radius 1 is 0.750 bits per heavy atom. The van der Waals surface area contributed by atoms with E-state index in [2.05, 4.69) is 26.2 Å². The third kappa shape index (κ3) is 5.71. The first-order valence-electron chi connectivity index (χ1n) is 10.3. The zero-order valence-corrected chi connectivity index (χ0v) is 19.0.